The predicted octanol–water partition coefficient (Wildman–Crippen LogP) is 4.24. The van der Waals surface area contributed by atoms with E-state index in [0.29, 0.717) is 22.9 Å². The van der Waals surface area contributed by atoms with Gasteiger partial charge in [0.1, 0.15) is 0 Å². The van der Waals surface area contributed by atoms with Crippen molar-refractivity contribution in [3.8, 4) is 0 Å². The van der Waals surface area contributed by atoms with Gasteiger partial charge in [0.05, 0.1) is 5.69 Å². The van der Waals surface area contributed by atoms with Crippen molar-refractivity contribution >= 4 is 46.4 Å². The van der Waals surface area contributed by atoms with Crippen LogP contribution in [-0.2, 0) is 16.0 Å². The Kier molecular flexibility index (Phi) is 6.37. The van der Waals surface area contributed by atoms with Gasteiger partial charge in [0.2, 0.25) is 12.1 Å². The summed E-state index contributed by atoms with van der Waals surface area (Å²) in [4.78, 5) is 31.4. The van der Waals surface area contributed by atoms with E-state index in [1.165, 1.54) is 0 Å². The lowest BCUT2D eigenvalue weighted by Crippen LogP contribution is -2.46. The van der Waals surface area contributed by atoms with Crippen LogP contribution in [0.2, 0.25) is 10.0 Å². The lowest BCUT2D eigenvalue weighted by Gasteiger charge is -2.21. The van der Waals surface area contributed by atoms with Crippen LogP contribution >= 0.6 is 23.2 Å². The fourth-order valence-corrected chi connectivity index (χ4v) is 3.67. The largest absolute Gasteiger partial charge is 0.327 e. The molecular formula is C21H21Cl2N3O2. The van der Waals surface area contributed by atoms with Gasteiger partial charge in [0.15, 0.2) is 0 Å². The summed E-state index contributed by atoms with van der Waals surface area (Å²) in [5.74, 6) is -0.531. The predicted molar refractivity (Wildman–Crippen MR) is 113 cm³/mol. The van der Waals surface area contributed by atoms with Gasteiger partial charge in [-0.25, -0.2) is 0 Å². The molecular weight excluding hydrogens is 397 g/mol. The number of fused-ring (bicyclic) bond motifs is 1. The van der Waals surface area contributed by atoms with Gasteiger partial charge in [-0.1, -0.05) is 54.4 Å². The molecule has 2 aromatic carbocycles. The van der Waals surface area contributed by atoms with Crippen molar-refractivity contribution in [3.05, 3.63) is 63.6 Å². The Balaban J connectivity index is 1.74. The molecule has 0 fully saturated rings. The minimum atomic E-state index is -0.944. The second kappa shape index (κ2) is 8.76. The maximum atomic E-state index is 12.8. The first kappa shape index (κ1) is 20.4. The third-order valence-electron chi connectivity index (χ3n) is 4.69. The van der Waals surface area contributed by atoms with E-state index in [1.807, 2.05) is 31.2 Å². The summed E-state index contributed by atoms with van der Waals surface area (Å²) in [6, 6.07) is 12.8. The van der Waals surface area contributed by atoms with Gasteiger partial charge in [0, 0.05) is 34.8 Å². The molecule has 1 aliphatic rings. The molecule has 0 saturated carbocycles. The number of nitrogens with one attached hydrogen (secondary N) is 1. The number of hydrogen-bond acceptors (Lipinski definition) is 3. The van der Waals surface area contributed by atoms with Crippen LogP contribution in [0.3, 0.4) is 0 Å². The number of para-hydroxylation sites is 1. The third kappa shape index (κ3) is 4.37. The van der Waals surface area contributed by atoms with Crippen molar-refractivity contribution < 1.29 is 9.59 Å². The highest BCUT2D eigenvalue weighted by molar-refractivity contribution is 6.35. The second-order valence-electron chi connectivity index (χ2n) is 6.55. The number of aryl methyl sites for hydroxylation is 1. The van der Waals surface area contributed by atoms with Gasteiger partial charge in [-0.15, -0.1) is 0 Å². The molecule has 0 bridgehead atoms. The minimum Gasteiger partial charge on any atom is -0.327 e. The van der Waals surface area contributed by atoms with E-state index in [4.69, 9.17) is 23.2 Å². The molecule has 5 nitrogen and oxygen atoms in total. The zero-order chi connectivity index (χ0) is 20.3. The molecule has 1 aliphatic heterocycles. The minimum absolute atomic E-state index is 0.193. The molecule has 146 valence electrons. The van der Waals surface area contributed by atoms with Crippen molar-refractivity contribution in [2.45, 2.75) is 32.4 Å². The van der Waals surface area contributed by atoms with E-state index in [9.17, 15) is 9.59 Å². The van der Waals surface area contributed by atoms with E-state index in [2.05, 4.69) is 10.3 Å². The van der Waals surface area contributed by atoms with E-state index in [1.54, 1.807) is 30.1 Å². The Hall–Kier alpha value is -2.37. The van der Waals surface area contributed by atoms with Crippen molar-refractivity contribution in [3.63, 3.8) is 0 Å². The molecule has 0 aromatic heterocycles. The van der Waals surface area contributed by atoms with Crippen molar-refractivity contribution in [2.75, 3.05) is 11.9 Å². The fraction of sp³-hybridized carbons (Fsp3) is 0.286. The Bertz CT molecular complexity index is 943. The first-order chi connectivity index (χ1) is 13.4. The lowest BCUT2D eigenvalue weighted by molar-refractivity contribution is -0.127. The maximum absolute atomic E-state index is 12.8. The Morgan fingerprint density at radius 1 is 1.21 bits per heavy atom. The van der Waals surface area contributed by atoms with Crippen molar-refractivity contribution in [1.29, 1.82) is 0 Å². The summed E-state index contributed by atoms with van der Waals surface area (Å²) in [5.41, 5.74) is 3.32. The SMILES string of the molecule is CCC1=NC(NC(=O)CCc2ccc(Cl)cc2Cl)C(=O)N(C)c2ccccc21. The van der Waals surface area contributed by atoms with Crippen LogP contribution in [0, 0.1) is 0 Å². The molecule has 1 unspecified atom stereocenters. The van der Waals surface area contributed by atoms with Crippen LogP contribution < -0.4 is 10.2 Å². The normalized spacial score (nSPS) is 16.3. The number of benzene rings is 2. The summed E-state index contributed by atoms with van der Waals surface area (Å²) in [6.45, 7) is 1.98. The Morgan fingerprint density at radius 2 is 1.96 bits per heavy atom. The summed E-state index contributed by atoms with van der Waals surface area (Å²) < 4.78 is 0. The molecule has 1 N–H and O–H groups in total. The summed E-state index contributed by atoms with van der Waals surface area (Å²) in [6.07, 6.45) is 0.354. The molecule has 7 heteroatoms. The van der Waals surface area contributed by atoms with Crippen LogP contribution in [0.4, 0.5) is 5.69 Å². The van der Waals surface area contributed by atoms with E-state index in [-0.39, 0.29) is 18.2 Å². The van der Waals surface area contributed by atoms with Gasteiger partial charge in [-0.05, 0) is 36.6 Å². The molecule has 0 spiro atoms. The van der Waals surface area contributed by atoms with E-state index in [0.717, 1.165) is 22.5 Å². The van der Waals surface area contributed by atoms with Gasteiger partial charge < -0.3 is 10.2 Å². The monoisotopic (exact) mass is 417 g/mol. The smallest absolute Gasteiger partial charge is 0.272 e. The molecule has 28 heavy (non-hydrogen) atoms. The second-order valence-corrected chi connectivity index (χ2v) is 7.39. The zero-order valence-corrected chi connectivity index (χ0v) is 17.2. The molecule has 0 saturated heterocycles. The van der Waals surface area contributed by atoms with E-state index >= 15 is 0 Å². The van der Waals surface area contributed by atoms with Gasteiger partial charge in [-0.2, -0.15) is 0 Å². The Morgan fingerprint density at radius 3 is 2.68 bits per heavy atom. The van der Waals surface area contributed by atoms with Crippen LogP contribution in [0.5, 0.6) is 0 Å². The average Bonchev–Trinajstić information content (AvgIpc) is 2.78. The van der Waals surface area contributed by atoms with Crippen LogP contribution in [0.25, 0.3) is 0 Å². The quantitative estimate of drug-likeness (QED) is 0.790. The van der Waals surface area contributed by atoms with Gasteiger partial charge in [-0.3, -0.25) is 14.6 Å². The number of benzodiazepines with no additional fused rings is 1. The number of halogens is 2. The molecule has 1 atom stereocenters. The van der Waals surface area contributed by atoms with Crippen molar-refractivity contribution in [2.24, 2.45) is 4.99 Å². The topological polar surface area (TPSA) is 61.8 Å². The standard InChI is InChI=1S/C21H21Cl2N3O2/c1-3-17-15-6-4-5-7-18(15)26(2)21(28)20(24-17)25-19(27)11-9-13-8-10-14(22)12-16(13)23/h4-8,10,12,20H,3,9,11H2,1-2H3,(H,25,27). The first-order valence-corrected chi connectivity index (χ1v) is 9.83. The fourth-order valence-electron chi connectivity index (χ4n) is 3.17. The average molecular weight is 418 g/mol. The Labute approximate surface area is 174 Å². The molecule has 0 radical (unpaired) electrons. The summed E-state index contributed by atoms with van der Waals surface area (Å²) in [5, 5.41) is 3.82. The molecule has 2 aromatic rings. The highest BCUT2D eigenvalue weighted by atomic mass is 35.5. The number of carbonyl (C=O) groups is 2. The van der Waals surface area contributed by atoms with Crippen molar-refractivity contribution in [1.82, 2.24) is 5.32 Å². The first-order valence-electron chi connectivity index (χ1n) is 9.07. The number of anilines is 1. The highest BCUT2D eigenvalue weighted by Gasteiger charge is 2.29. The summed E-state index contributed by atoms with van der Waals surface area (Å²) in [7, 11) is 1.70. The number of hydrogen-bond donors (Lipinski definition) is 1. The molecule has 1 heterocycles. The maximum Gasteiger partial charge on any atom is 0.272 e. The number of nitrogens with zero attached hydrogens (tertiary/aromatic N) is 2. The number of likely N-dealkylation sites (N-methyl/N-ethyl adjacent to an activating group) is 1. The van der Waals surface area contributed by atoms with E-state index < -0.39 is 6.17 Å². The third-order valence-corrected chi connectivity index (χ3v) is 5.28. The summed E-state index contributed by atoms with van der Waals surface area (Å²) >= 11 is 12.1. The highest BCUT2D eigenvalue weighted by Crippen LogP contribution is 2.25. The lowest BCUT2D eigenvalue weighted by atomic mass is 10.1. The van der Waals surface area contributed by atoms with Gasteiger partial charge >= 0.3 is 0 Å². The van der Waals surface area contributed by atoms with Crippen LogP contribution in [-0.4, -0.2) is 30.7 Å². The molecule has 3 rings (SSSR count). The number of amides is 2. The molecule has 2 amide bonds. The van der Waals surface area contributed by atoms with Crippen LogP contribution in [0.1, 0.15) is 30.9 Å². The zero-order valence-electron chi connectivity index (χ0n) is 15.7. The number of aliphatic imine (C=N–C) groups is 1. The molecule has 0 aliphatic carbocycles. The van der Waals surface area contributed by atoms with Gasteiger partial charge in [0.25, 0.3) is 5.91 Å². The number of carbonyl (C=O) groups excluding carboxylic acids is 2. The number of rotatable bonds is 5. The van der Waals surface area contributed by atoms with Crippen LogP contribution in [0.15, 0.2) is 47.5 Å².